The average Bonchev–Trinajstić information content (AvgIpc) is 2.36. The van der Waals surface area contributed by atoms with Crippen LogP contribution in [0.4, 0.5) is 0 Å². The van der Waals surface area contributed by atoms with E-state index in [0.717, 1.165) is 11.8 Å². The second-order valence-electron chi connectivity index (χ2n) is 3.68. The SMILES string of the molecule is CC(SCC(=O)NC(=O)c1ccc(Cl)cc1)C(=O)O. The first-order chi connectivity index (χ1) is 8.90. The van der Waals surface area contributed by atoms with Gasteiger partial charge in [0.2, 0.25) is 5.91 Å². The Kier molecular flexibility index (Phi) is 5.85. The van der Waals surface area contributed by atoms with Crippen molar-refractivity contribution in [2.24, 2.45) is 0 Å². The summed E-state index contributed by atoms with van der Waals surface area (Å²) in [4.78, 5) is 33.6. The molecule has 1 unspecified atom stereocenters. The second-order valence-corrected chi connectivity index (χ2v) is 5.44. The molecular weight excluding hydrogens is 290 g/mol. The molecule has 0 bridgehead atoms. The molecule has 102 valence electrons. The van der Waals surface area contributed by atoms with Gasteiger partial charge in [-0.25, -0.2) is 0 Å². The van der Waals surface area contributed by atoms with E-state index in [1.165, 1.54) is 19.1 Å². The second kappa shape index (κ2) is 7.16. The molecule has 1 atom stereocenters. The zero-order chi connectivity index (χ0) is 14.4. The maximum absolute atomic E-state index is 11.6. The molecule has 2 amide bonds. The van der Waals surface area contributed by atoms with Gasteiger partial charge in [-0.05, 0) is 31.2 Å². The van der Waals surface area contributed by atoms with Crippen molar-refractivity contribution in [3.05, 3.63) is 34.9 Å². The Balaban J connectivity index is 2.46. The van der Waals surface area contributed by atoms with Crippen molar-refractivity contribution in [1.29, 1.82) is 0 Å². The van der Waals surface area contributed by atoms with Crippen LogP contribution in [-0.4, -0.2) is 33.9 Å². The Morgan fingerprint density at radius 1 is 1.32 bits per heavy atom. The average molecular weight is 302 g/mol. The van der Waals surface area contributed by atoms with Gasteiger partial charge >= 0.3 is 5.97 Å². The summed E-state index contributed by atoms with van der Waals surface area (Å²) in [6, 6.07) is 6.08. The van der Waals surface area contributed by atoms with E-state index in [1.807, 2.05) is 0 Å². The lowest BCUT2D eigenvalue weighted by Gasteiger charge is -2.06. The largest absolute Gasteiger partial charge is 0.480 e. The Labute approximate surface area is 119 Å². The zero-order valence-electron chi connectivity index (χ0n) is 10.1. The highest BCUT2D eigenvalue weighted by Crippen LogP contribution is 2.11. The summed E-state index contributed by atoms with van der Waals surface area (Å²) < 4.78 is 0. The van der Waals surface area contributed by atoms with Crippen molar-refractivity contribution in [2.45, 2.75) is 12.2 Å². The van der Waals surface area contributed by atoms with Crippen LogP contribution in [0.2, 0.25) is 5.02 Å². The fourth-order valence-electron chi connectivity index (χ4n) is 1.11. The summed E-state index contributed by atoms with van der Waals surface area (Å²) in [5.41, 5.74) is 0.314. The van der Waals surface area contributed by atoms with Gasteiger partial charge in [-0.15, -0.1) is 11.8 Å². The number of nitrogens with one attached hydrogen (secondary N) is 1. The van der Waals surface area contributed by atoms with E-state index < -0.39 is 23.0 Å². The molecule has 0 fully saturated rings. The molecule has 19 heavy (non-hydrogen) atoms. The number of carbonyl (C=O) groups is 3. The van der Waals surface area contributed by atoms with E-state index in [9.17, 15) is 14.4 Å². The summed E-state index contributed by atoms with van der Waals surface area (Å²) in [5.74, 6) is -2.16. The third-order valence-electron chi connectivity index (χ3n) is 2.17. The number of imide groups is 1. The Bertz CT molecular complexity index is 489. The van der Waals surface area contributed by atoms with Crippen LogP contribution in [0.3, 0.4) is 0 Å². The number of amides is 2. The molecule has 0 saturated carbocycles. The van der Waals surface area contributed by atoms with E-state index in [0.29, 0.717) is 10.6 Å². The number of rotatable bonds is 5. The molecule has 0 aliphatic carbocycles. The third-order valence-corrected chi connectivity index (χ3v) is 3.55. The fraction of sp³-hybridized carbons (Fsp3) is 0.250. The molecule has 0 radical (unpaired) electrons. The van der Waals surface area contributed by atoms with Gasteiger partial charge in [0.05, 0.1) is 11.0 Å². The monoisotopic (exact) mass is 301 g/mol. The van der Waals surface area contributed by atoms with E-state index in [-0.39, 0.29) is 5.75 Å². The lowest BCUT2D eigenvalue weighted by molar-refractivity contribution is -0.136. The Morgan fingerprint density at radius 3 is 2.42 bits per heavy atom. The molecule has 7 heteroatoms. The molecule has 1 aromatic carbocycles. The number of hydrogen-bond acceptors (Lipinski definition) is 4. The third kappa shape index (κ3) is 5.32. The number of carbonyl (C=O) groups excluding carboxylic acids is 2. The van der Waals surface area contributed by atoms with Crippen LogP contribution in [0.15, 0.2) is 24.3 Å². The van der Waals surface area contributed by atoms with Crippen molar-refractivity contribution in [2.75, 3.05) is 5.75 Å². The normalized spacial score (nSPS) is 11.7. The number of hydrogen-bond donors (Lipinski definition) is 2. The number of carboxylic acids is 1. The quantitative estimate of drug-likeness (QED) is 0.866. The molecule has 2 N–H and O–H groups in total. The molecular formula is C12H12ClNO4S. The van der Waals surface area contributed by atoms with Gasteiger partial charge in [-0.2, -0.15) is 0 Å². The van der Waals surface area contributed by atoms with Crippen molar-refractivity contribution in [3.8, 4) is 0 Å². The van der Waals surface area contributed by atoms with Crippen LogP contribution in [0.5, 0.6) is 0 Å². The van der Waals surface area contributed by atoms with Gasteiger partial charge in [-0.3, -0.25) is 19.7 Å². The van der Waals surface area contributed by atoms with Crippen LogP contribution in [0.25, 0.3) is 0 Å². The van der Waals surface area contributed by atoms with Crippen molar-refractivity contribution in [3.63, 3.8) is 0 Å². The lowest BCUT2D eigenvalue weighted by Crippen LogP contribution is -2.32. The molecule has 1 aromatic rings. The van der Waals surface area contributed by atoms with Crippen molar-refractivity contribution in [1.82, 2.24) is 5.32 Å². The van der Waals surface area contributed by atoms with Gasteiger partial charge in [0.15, 0.2) is 0 Å². The molecule has 0 aromatic heterocycles. The standard InChI is InChI=1S/C12H12ClNO4S/c1-7(12(17)18)19-6-10(15)14-11(16)8-2-4-9(13)5-3-8/h2-5,7H,6H2,1H3,(H,17,18)(H,14,15,16). The summed E-state index contributed by atoms with van der Waals surface area (Å²) in [7, 11) is 0. The summed E-state index contributed by atoms with van der Waals surface area (Å²) in [6.07, 6.45) is 0. The topological polar surface area (TPSA) is 83.5 Å². The number of aliphatic carboxylic acids is 1. The predicted octanol–water partition coefficient (Wildman–Crippen LogP) is 1.80. The van der Waals surface area contributed by atoms with Crippen LogP contribution < -0.4 is 5.32 Å². The lowest BCUT2D eigenvalue weighted by atomic mass is 10.2. The first-order valence-electron chi connectivity index (χ1n) is 5.34. The molecule has 0 spiro atoms. The van der Waals surface area contributed by atoms with Crippen LogP contribution in [-0.2, 0) is 9.59 Å². The molecule has 0 heterocycles. The number of benzene rings is 1. The summed E-state index contributed by atoms with van der Waals surface area (Å²) in [5, 5.41) is 10.6. The highest BCUT2D eigenvalue weighted by Gasteiger charge is 2.15. The molecule has 0 saturated heterocycles. The van der Waals surface area contributed by atoms with Crippen LogP contribution >= 0.6 is 23.4 Å². The highest BCUT2D eigenvalue weighted by molar-refractivity contribution is 8.01. The summed E-state index contributed by atoms with van der Waals surface area (Å²) in [6.45, 7) is 1.47. The smallest absolute Gasteiger partial charge is 0.316 e. The molecule has 0 aliphatic rings. The minimum Gasteiger partial charge on any atom is -0.480 e. The molecule has 0 aliphatic heterocycles. The number of halogens is 1. The van der Waals surface area contributed by atoms with Crippen LogP contribution in [0.1, 0.15) is 17.3 Å². The molecule has 1 rings (SSSR count). The van der Waals surface area contributed by atoms with E-state index in [2.05, 4.69) is 5.32 Å². The maximum Gasteiger partial charge on any atom is 0.316 e. The van der Waals surface area contributed by atoms with Gasteiger partial charge < -0.3 is 5.11 Å². The highest BCUT2D eigenvalue weighted by atomic mass is 35.5. The van der Waals surface area contributed by atoms with E-state index in [1.54, 1.807) is 12.1 Å². The minimum absolute atomic E-state index is 0.0905. The number of thioether (sulfide) groups is 1. The Morgan fingerprint density at radius 2 is 1.89 bits per heavy atom. The van der Waals surface area contributed by atoms with Crippen LogP contribution in [0, 0.1) is 0 Å². The van der Waals surface area contributed by atoms with Gasteiger partial charge in [0.25, 0.3) is 5.91 Å². The van der Waals surface area contributed by atoms with Gasteiger partial charge in [0, 0.05) is 10.6 Å². The van der Waals surface area contributed by atoms with E-state index in [4.69, 9.17) is 16.7 Å². The zero-order valence-corrected chi connectivity index (χ0v) is 11.6. The minimum atomic E-state index is -0.998. The summed E-state index contributed by atoms with van der Waals surface area (Å²) >= 11 is 6.63. The molecule has 5 nitrogen and oxygen atoms in total. The van der Waals surface area contributed by atoms with Gasteiger partial charge in [0.1, 0.15) is 0 Å². The van der Waals surface area contributed by atoms with Crippen molar-refractivity contribution < 1.29 is 19.5 Å². The first kappa shape index (κ1) is 15.5. The fourth-order valence-corrected chi connectivity index (χ4v) is 1.85. The van der Waals surface area contributed by atoms with Crippen molar-refractivity contribution >= 4 is 41.1 Å². The van der Waals surface area contributed by atoms with E-state index >= 15 is 0 Å². The maximum atomic E-state index is 11.6. The number of carboxylic acid groups (broad SMARTS) is 1. The predicted molar refractivity (Wildman–Crippen MR) is 73.5 cm³/mol. The first-order valence-corrected chi connectivity index (χ1v) is 6.77. The Hall–Kier alpha value is -1.53. The van der Waals surface area contributed by atoms with Gasteiger partial charge in [-0.1, -0.05) is 11.6 Å².